The Morgan fingerprint density at radius 3 is 2.59 bits per heavy atom. The van der Waals surface area contributed by atoms with Crippen molar-refractivity contribution in [1.29, 1.82) is 0 Å². The van der Waals surface area contributed by atoms with Crippen LogP contribution in [0.3, 0.4) is 0 Å². The molecule has 6 rings (SSSR count). The smallest absolute Gasteiger partial charge is 0.343 e. The minimum atomic E-state index is -2.30. The molecular formula is C22H26O12. The minimum absolute atomic E-state index is 0.221. The molecule has 12 nitrogen and oxygen atoms in total. The molecule has 0 aromatic rings. The molecule has 2 saturated carbocycles. The molecule has 0 radical (unpaired) electrons. The number of carbonyl (C=O) groups is 4. The van der Waals surface area contributed by atoms with Crippen molar-refractivity contribution < 1.29 is 58.2 Å². The molecule has 2 aliphatic carbocycles. The molecule has 34 heavy (non-hydrogen) atoms. The molecule has 12 heteroatoms. The third-order valence-corrected chi connectivity index (χ3v) is 9.35. The number of ether oxygens (including phenoxy) is 5. The number of carboxylic acid groups (broad SMARTS) is 1. The van der Waals surface area contributed by atoms with Gasteiger partial charge in [0.1, 0.15) is 18.8 Å². The number of aliphatic hydroxyl groups is 2. The summed E-state index contributed by atoms with van der Waals surface area (Å²) in [6.07, 6.45) is -4.81. The summed E-state index contributed by atoms with van der Waals surface area (Å²) in [6.45, 7) is 2.53. The molecular weight excluding hydrogens is 456 g/mol. The number of carbonyl (C=O) groups excluding carboxylic acids is 3. The first-order valence-corrected chi connectivity index (χ1v) is 11.6. The van der Waals surface area contributed by atoms with Crippen LogP contribution in [0.5, 0.6) is 0 Å². The number of unbranched alkanes of at least 4 members (excludes halogenated alkanes) is 1. The summed E-state index contributed by atoms with van der Waals surface area (Å²) in [5.74, 6) is -5.67. The van der Waals surface area contributed by atoms with Crippen LogP contribution in [0.1, 0.15) is 39.5 Å². The van der Waals surface area contributed by atoms with Crippen LogP contribution in [0.4, 0.5) is 0 Å². The van der Waals surface area contributed by atoms with Gasteiger partial charge >= 0.3 is 23.9 Å². The number of rotatable bonds is 6. The van der Waals surface area contributed by atoms with Crippen LogP contribution in [0.2, 0.25) is 0 Å². The summed E-state index contributed by atoms with van der Waals surface area (Å²) in [7, 11) is 0. The van der Waals surface area contributed by atoms with Crippen molar-refractivity contribution in [1.82, 2.24) is 0 Å². The van der Waals surface area contributed by atoms with Gasteiger partial charge in [-0.2, -0.15) is 0 Å². The van der Waals surface area contributed by atoms with Crippen LogP contribution in [-0.2, 0) is 42.9 Å². The maximum atomic E-state index is 13.5. The number of fused-ring (bicyclic) bond motifs is 1. The van der Waals surface area contributed by atoms with E-state index in [0.29, 0.717) is 6.42 Å². The van der Waals surface area contributed by atoms with E-state index >= 15 is 0 Å². The van der Waals surface area contributed by atoms with Crippen molar-refractivity contribution in [2.24, 2.45) is 22.7 Å². The van der Waals surface area contributed by atoms with E-state index in [-0.39, 0.29) is 6.42 Å². The lowest BCUT2D eigenvalue weighted by Gasteiger charge is -2.45. The second-order valence-electron chi connectivity index (χ2n) is 10.3. The molecule has 0 amide bonds. The van der Waals surface area contributed by atoms with Crippen LogP contribution in [-0.4, -0.2) is 87.7 Å². The summed E-state index contributed by atoms with van der Waals surface area (Å²) in [5, 5.41) is 33.0. The lowest BCUT2D eigenvalue weighted by molar-refractivity contribution is -0.239. The van der Waals surface area contributed by atoms with Gasteiger partial charge in [0.2, 0.25) is 11.9 Å². The van der Waals surface area contributed by atoms with E-state index in [9.17, 15) is 34.5 Å². The van der Waals surface area contributed by atoms with Crippen molar-refractivity contribution in [2.45, 2.75) is 81.4 Å². The van der Waals surface area contributed by atoms with Crippen molar-refractivity contribution in [3.63, 3.8) is 0 Å². The van der Waals surface area contributed by atoms with Gasteiger partial charge in [-0.05, 0) is 25.7 Å². The number of carboxylic acids is 1. The molecule has 2 spiro atoms. The second-order valence-corrected chi connectivity index (χ2v) is 10.3. The first-order valence-electron chi connectivity index (χ1n) is 11.6. The van der Waals surface area contributed by atoms with Gasteiger partial charge in [0, 0.05) is 0 Å². The van der Waals surface area contributed by atoms with Crippen molar-refractivity contribution >= 4 is 23.9 Å². The van der Waals surface area contributed by atoms with E-state index in [0.717, 1.165) is 12.8 Å². The van der Waals surface area contributed by atoms with E-state index in [2.05, 4.69) is 0 Å². The molecule has 4 aliphatic heterocycles. The summed E-state index contributed by atoms with van der Waals surface area (Å²) in [6, 6.07) is 0. The lowest BCUT2D eigenvalue weighted by Crippen LogP contribution is -2.67. The van der Waals surface area contributed by atoms with E-state index in [4.69, 9.17) is 23.7 Å². The molecule has 4 saturated heterocycles. The van der Waals surface area contributed by atoms with Crippen LogP contribution in [0, 0.1) is 22.7 Å². The van der Waals surface area contributed by atoms with E-state index < -0.39 is 95.1 Å². The molecule has 4 heterocycles. The Hall–Kier alpha value is -2.28. The maximum absolute atomic E-state index is 13.5. The topological polar surface area (TPSA) is 175 Å². The fraction of sp³-hybridized carbons (Fsp3) is 0.818. The molecule has 3 N–H and O–H groups in total. The maximum Gasteiger partial charge on any atom is 0.343 e. The number of aliphatic carboxylic acids is 1. The predicted octanol–water partition coefficient (Wildman–Crippen LogP) is -1.12. The van der Waals surface area contributed by atoms with Crippen LogP contribution >= 0.6 is 0 Å². The summed E-state index contributed by atoms with van der Waals surface area (Å²) < 4.78 is 28.4. The van der Waals surface area contributed by atoms with Crippen molar-refractivity contribution in [3.8, 4) is 0 Å². The highest BCUT2D eigenvalue weighted by atomic mass is 16.8. The van der Waals surface area contributed by atoms with E-state index in [1.54, 1.807) is 0 Å². The van der Waals surface area contributed by atoms with Gasteiger partial charge < -0.3 is 39.0 Å². The largest absolute Gasteiger partial charge is 0.480 e. The van der Waals surface area contributed by atoms with Gasteiger partial charge in [-0.3, -0.25) is 4.79 Å². The highest BCUT2D eigenvalue weighted by Crippen LogP contribution is 2.83. The lowest BCUT2D eigenvalue weighted by atomic mass is 9.53. The molecule has 11 atom stereocenters. The number of hydrogen-bond acceptors (Lipinski definition) is 11. The fourth-order valence-electron chi connectivity index (χ4n) is 8.34. The normalized spacial score (nSPS) is 53.8. The zero-order valence-electron chi connectivity index (χ0n) is 18.6. The number of hydrogen-bond donors (Lipinski definition) is 3. The quantitative estimate of drug-likeness (QED) is 0.308. The molecule has 186 valence electrons. The Balaban J connectivity index is 1.62. The summed E-state index contributed by atoms with van der Waals surface area (Å²) in [5.41, 5.74) is -7.87. The zero-order valence-corrected chi connectivity index (χ0v) is 18.6. The molecule has 6 aliphatic rings. The van der Waals surface area contributed by atoms with Crippen LogP contribution in [0.15, 0.2) is 0 Å². The first kappa shape index (κ1) is 22.2. The Labute approximate surface area is 193 Å². The average Bonchev–Trinajstić information content (AvgIpc) is 3.48. The van der Waals surface area contributed by atoms with Crippen molar-refractivity contribution in [3.05, 3.63) is 0 Å². The highest BCUT2D eigenvalue weighted by Gasteiger charge is 3.03. The van der Waals surface area contributed by atoms with Crippen LogP contribution < -0.4 is 0 Å². The van der Waals surface area contributed by atoms with Gasteiger partial charge in [0.25, 0.3) is 0 Å². The standard InChI is InChI=1S/C22H26O12/c1-3-4-5-9-6-10-20-12(25)13-21(29,8(2)15(26)32-13)22(20,17(28)31-10)34-18-19(9,20)14(16(27)33-18)30-7-11(23)24/h8-10,12-14,18,25,29H,3-7H2,1-2H3,(H,23,24)/t8?,9-,10?,12-,13?,14-,18-,19?,20?,21+,22-/m1/s1. The third kappa shape index (κ3) is 1.86. The predicted molar refractivity (Wildman–Crippen MR) is 103 cm³/mol. The Kier molecular flexibility index (Phi) is 4.23. The molecule has 5 unspecified atom stereocenters. The minimum Gasteiger partial charge on any atom is -0.480 e. The Morgan fingerprint density at radius 1 is 1.18 bits per heavy atom. The first-order chi connectivity index (χ1) is 16.1. The second kappa shape index (κ2) is 6.48. The van der Waals surface area contributed by atoms with Crippen LogP contribution in [0.25, 0.3) is 0 Å². The Morgan fingerprint density at radius 2 is 1.91 bits per heavy atom. The highest BCUT2D eigenvalue weighted by molar-refractivity contribution is 5.94. The van der Waals surface area contributed by atoms with Gasteiger partial charge in [-0.1, -0.05) is 19.8 Å². The molecule has 6 fully saturated rings. The van der Waals surface area contributed by atoms with Crippen molar-refractivity contribution in [2.75, 3.05) is 6.61 Å². The molecule has 0 aromatic carbocycles. The molecule has 0 bridgehead atoms. The van der Waals surface area contributed by atoms with E-state index in [1.165, 1.54) is 6.92 Å². The van der Waals surface area contributed by atoms with E-state index in [1.807, 2.05) is 6.92 Å². The number of aliphatic hydroxyl groups excluding tert-OH is 1. The van der Waals surface area contributed by atoms with Gasteiger partial charge in [-0.15, -0.1) is 0 Å². The van der Waals surface area contributed by atoms with Gasteiger partial charge in [-0.25, -0.2) is 14.4 Å². The molecule has 0 aromatic heterocycles. The fourth-order valence-corrected chi connectivity index (χ4v) is 8.34. The van der Waals surface area contributed by atoms with Gasteiger partial charge in [0.05, 0.1) is 16.7 Å². The summed E-state index contributed by atoms with van der Waals surface area (Å²) >= 11 is 0. The number of esters is 3. The monoisotopic (exact) mass is 482 g/mol. The average molecular weight is 482 g/mol. The SMILES string of the molecule is CCCC[C@@H]1CC2OC(=O)[C@@]34O[C@H]5OC(=O)[C@@H](OCC(=O)O)C15C23[C@H](O)C1OC(=O)C(C)[C@]14O. The third-order valence-electron chi connectivity index (χ3n) is 9.35. The summed E-state index contributed by atoms with van der Waals surface area (Å²) in [4.78, 5) is 50.4. The van der Waals surface area contributed by atoms with Gasteiger partial charge in [0.15, 0.2) is 17.8 Å². The Bertz CT molecular complexity index is 1010. The zero-order chi connectivity index (χ0) is 24.4.